The molecule has 0 unspecified atom stereocenters. The van der Waals surface area contributed by atoms with Gasteiger partial charge in [-0.1, -0.05) is 19.8 Å². The molecule has 1 heterocycles. The predicted molar refractivity (Wildman–Crippen MR) is 78.1 cm³/mol. The largest absolute Gasteiger partial charge is 0.493 e. The van der Waals surface area contributed by atoms with Crippen molar-refractivity contribution in [3.63, 3.8) is 0 Å². The van der Waals surface area contributed by atoms with Crippen LogP contribution in [0.5, 0.6) is 11.5 Å². The Morgan fingerprint density at radius 2 is 1.79 bits per heavy atom. The number of pyridine rings is 1. The molecule has 102 valence electrons. The lowest BCUT2D eigenvalue weighted by molar-refractivity contribution is 0.356. The quantitative estimate of drug-likeness (QED) is 0.735. The van der Waals surface area contributed by atoms with Crippen molar-refractivity contribution in [3.05, 3.63) is 30.1 Å². The second kappa shape index (κ2) is 6.41. The number of methoxy groups -OCH3 is 2. The Labute approximate surface area is 114 Å². The highest BCUT2D eigenvalue weighted by atomic mass is 16.5. The van der Waals surface area contributed by atoms with Crippen molar-refractivity contribution in [1.82, 2.24) is 4.98 Å². The minimum atomic E-state index is 0.764. The van der Waals surface area contributed by atoms with Gasteiger partial charge in [0.1, 0.15) is 0 Å². The Balaban J connectivity index is 2.42. The van der Waals surface area contributed by atoms with E-state index in [1.165, 1.54) is 19.3 Å². The maximum atomic E-state index is 5.37. The van der Waals surface area contributed by atoms with Crippen LogP contribution in [-0.2, 0) is 6.42 Å². The van der Waals surface area contributed by atoms with E-state index >= 15 is 0 Å². The van der Waals surface area contributed by atoms with Crippen LogP contribution in [-0.4, -0.2) is 19.2 Å². The zero-order chi connectivity index (χ0) is 13.7. The molecular formula is C16H21NO2. The van der Waals surface area contributed by atoms with Crippen LogP contribution in [0.2, 0.25) is 0 Å². The van der Waals surface area contributed by atoms with E-state index in [9.17, 15) is 0 Å². The molecule has 0 amide bonds. The molecule has 1 aromatic heterocycles. The Kier molecular flexibility index (Phi) is 4.61. The fraction of sp³-hybridized carbons (Fsp3) is 0.438. The van der Waals surface area contributed by atoms with Crippen molar-refractivity contribution in [2.45, 2.75) is 32.6 Å². The van der Waals surface area contributed by atoms with Crippen LogP contribution in [0.3, 0.4) is 0 Å². The summed E-state index contributed by atoms with van der Waals surface area (Å²) >= 11 is 0. The monoisotopic (exact) mass is 259 g/mol. The van der Waals surface area contributed by atoms with E-state index in [2.05, 4.69) is 11.9 Å². The number of unbranched alkanes of at least 4 members (excludes halogenated alkanes) is 2. The molecule has 0 bridgehead atoms. The first-order valence-corrected chi connectivity index (χ1v) is 6.79. The molecule has 0 saturated heterocycles. The second-order valence-corrected chi connectivity index (χ2v) is 4.64. The molecule has 0 fully saturated rings. The van der Waals surface area contributed by atoms with E-state index in [0.29, 0.717) is 0 Å². The molecule has 1 aromatic carbocycles. The molecule has 2 rings (SSSR count). The summed E-state index contributed by atoms with van der Waals surface area (Å²) < 4.78 is 10.7. The van der Waals surface area contributed by atoms with E-state index in [-0.39, 0.29) is 0 Å². The predicted octanol–water partition coefficient (Wildman–Crippen LogP) is 3.98. The number of aryl methyl sites for hydroxylation is 1. The van der Waals surface area contributed by atoms with Crippen LogP contribution in [0, 0.1) is 0 Å². The summed E-state index contributed by atoms with van der Waals surface area (Å²) in [5.41, 5.74) is 1.15. The number of aromatic nitrogens is 1. The molecule has 2 aromatic rings. The molecular weight excluding hydrogens is 238 g/mol. The summed E-state index contributed by atoms with van der Waals surface area (Å²) in [5, 5.41) is 2.32. The average Bonchev–Trinajstić information content (AvgIpc) is 2.46. The van der Waals surface area contributed by atoms with E-state index < -0.39 is 0 Å². The van der Waals surface area contributed by atoms with Gasteiger partial charge in [0.15, 0.2) is 11.5 Å². The lowest BCUT2D eigenvalue weighted by atomic mass is 10.0. The Morgan fingerprint density at radius 3 is 2.47 bits per heavy atom. The smallest absolute Gasteiger partial charge is 0.161 e. The number of hydrogen-bond acceptors (Lipinski definition) is 3. The maximum absolute atomic E-state index is 5.37. The fourth-order valence-corrected chi connectivity index (χ4v) is 2.30. The molecule has 0 N–H and O–H groups in total. The van der Waals surface area contributed by atoms with Gasteiger partial charge in [-0.25, -0.2) is 0 Å². The summed E-state index contributed by atoms with van der Waals surface area (Å²) in [5.74, 6) is 1.53. The van der Waals surface area contributed by atoms with Crippen molar-refractivity contribution < 1.29 is 9.47 Å². The number of benzene rings is 1. The van der Waals surface area contributed by atoms with Gasteiger partial charge in [0, 0.05) is 17.3 Å². The minimum Gasteiger partial charge on any atom is -0.493 e. The molecule has 0 radical (unpaired) electrons. The highest BCUT2D eigenvalue weighted by Gasteiger charge is 2.09. The molecule has 0 spiro atoms. The molecule has 3 nitrogen and oxygen atoms in total. The first-order valence-electron chi connectivity index (χ1n) is 6.79. The topological polar surface area (TPSA) is 31.4 Å². The third-order valence-electron chi connectivity index (χ3n) is 3.37. The van der Waals surface area contributed by atoms with Crippen molar-refractivity contribution in [1.29, 1.82) is 0 Å². The van der Waals surface area contributed by atoms with E-state index in [4.69, 9.17) is 9.47 Å². The van der Waals surface area contributed by atoms with Gasteiger partial charge >= 0.3 is 0 Å². The number of nitrogens with zero attached hydrogens (tertiary/aromatic N) is 1. The van der Waals surface area contributed by atoms with E-state index in [0.717, 1.165) is 34.4 Å². The zero-order valence-electron chi connectivity index (χ0n) is 11.9. The van der Waals surface area contributed by atoms with E-state index in [1.54, 1.807) is 14.2 Å². The van der Waals surface area contributed by atoms with Crippen LogP contribution in [0.15, 0.2) is 24.4 Å². The standard InChI is InChI=1S/C16H21NO2/c1-4-5-6-7-14-13-11-16(19-3)15(18-2)10-12(13)8-9-17-14/h8-11H,4-7H2,1-3H3. The number of hydrogen-bond donors (Lipinski definition) is 0. The van der Waals surface area contributed by atoms with Crippen molar-refractivity contribution in [3.8, 4) is 11.5 Å². The van der Waals surface area contributed by atoms with Gasteiger partial charge in [-0.3, -0.25) is 4.98 Å². The Bertz CT molecular complexity index is 552. The summed E-state index contributed by atoms with van der Waals surface area (Å²) in [6, 6.07) is 6.06. The first kappa shape index (κ1) is 13.7. The number of rotatable bonds is 6. The fourth-order valence-electron chi connectivity index (χ4n) is 2.30. The van der Waals surface area contributed by atoms with Crippen molar-refractivity contribution in [2.24, 2.45) is 0 Å². The number of ether oxygens (including phenoxy) is 2. The summed E-state index contributed by atoms with van der Waals surface area (Å²) in [7, 11) is 3.32. The van der Waals surface area contributed by atoms with Crippen LogP contribution in [0.4, 0.5) is 0 Å². The van der Waals surface area contributed by atoms with E-state index in [1.807, 2.05) is 24.4 Å². The van der Waals surface area contributed by atoms with Gasteiger partial charge in [0.05, 0.1) is 14.2 Å². The molecule has 19 heavy (non-hydrogen) atoms. The third-order valence-corrected chi connectivity index (χ3v) is 3.37. The van der Waals surface area contributed by atoms with Gasteiger partial charge in [0.25, 0.3) is 0 Å². The molecule has 3 heteroatoms. The Morgan fingerprint density at radius 1 is 1.05 bits per heavy atom. The number of fused-ring (bicyclic) bond motifs is 1. The van der Waals surface area contributed by atoms with Gasteiger partial charge in [0.2, 0.25) is 0 Å². The third kappa shape index (κ3) is 2.98. The summed E-state index contributed by atoms with van der Waals surface area (Å²) in [6.45, 7) is 2.21. The summed E-state index contributed by atoms with van der Waals surface area (Å²) in [4.78, 5) is 4.51. The molecule has 0 aliphatic carbocycles. The first-order chi connectivity index (χ1) is 9.30. The van der Waals surface area contributed by atoms with Gasteiger partial charge < -0.3 is 9.47 Å². The Hall–Kier alpha value is -1.77. The zero-order valence-corrected chi connectivity index (χ0v) is 11.9. The van der Waals surface area contributed by atoms with Crippen LogP contribution < -0.4 is 9.47 Å². The normalized spacial score (nSPS) is 10.7. The van der Waals surface area contributed by atoms with Crippen molar-refractivity contribution in [2.75, 3.05) is 14.2 Å². The molecule has 0 saturated carbocycles. The highest BCUT2D eigenvalue weighted by Crippen LogP contribution is 2.33. The summed E-state index contributed by atoms with van der Waals surface area (Å²) in [6.07, 6.45) is 6.53. The van der Waals surface area contributed by atoms with Gasteiger partial charge in [-0.15, -0.1) is 0 Å². The lowest BCUT2D eigenvalue weighted by Gasteiger charge is -2.11. The SMILES string of the molecule is CCCCCc1nccc2cc(OC)c(OC)cc12. The molecule has 0 atom stereocenters. The van der Waals surface area contributed by atoms with Crippen LogP contribution in [0.1, 0.15) is 31.9 Å². The maximum Gasteiger partial charge on any atom is 0.161 e. The van der Waals surface area contributed by atoms with Crippen LogP contribution in [0.25, 0.3) is 10.8 Å². The molecule has 0 aliphatic rings. The van der Waals surface area contributed by atoms with Crippen molar-refractivity contribution >= 4 is 10.8 Å². The van der Waals surface area contributed by atoms with Gasteiger partial charge in [-0.2, -0.15) is 0 Å². The molecule has 0 aliphatic heterocycles. The van der Waals surface area contributed by atoms with Gasteiger partial charge in [-0.05, 0) is 36.4 Å². The average molecular weight is 259 g/mol. The second-order valence-electron chi connectivity index (χ2n) is 4.64. The minimum absolute atomic E-state index is 0.764. The van der Waals surface area contributed by atoms with Crippen LogP contribution >= 0.6 is 0 Å². The highest BCUT2D eigenvalue weighted by molar-refractivity contribution is 5.87. The lowest BCUT2D eigenvalue weighted by Crippen LogP contribution is -1.95.